The van der Waals surface area contributed by atoms with Gasteiger partial charge < -0.3 is 27.9 Å². The Hall–Kier alpha value is -0.990. The number of quaternary nitrogens is 1. The molecule has 2 unspecified atom stereocenters. The molecule has 2 atom stereocenters. The van der Waals surface area contributed by atoms with Crippen LogP contribution in [-0.2, 0) is 32.7 Å². The molecular weight excluding hydrogens is 1190 g/mol. The predicted molar refractivity (Wildman–Crippen MR) is 412 cm³/mol. The van der Waals surface area contributed by atoms with E-state index in [1.165, 1.54) is 417 Å². The number of hydrogen-bond donors (Lipinski definition) is 0. The average Bonchev–Trinajstić information content (AvgIpc) is 2.18. The third-order valence-corrected chi connectivity index (χ3v) is 21.3. The van der Waals surface area contributed by atoms with Crippen LogP contribution in [0.15, 0.2) is 0 Å². The van der Waals surface area contributed by atoms with Crippen molar-refractivity contribution in [3.63, 3.8) is 0 Å². The second kappa shape index (κ2) is 77.2. The highest BCUT2D eigenvalue weighted by Gasteiger charge is 2.22. The summed E-state index contributed by atoms with van der Waals surface area (Å²) in [6, 6.07) is 0. The molecule has 0 saturated carbocycles. The number of phosphoric acid groups is 1. The molecule has 0 aliphatic heterocycles. The van der Waals surface area contributed by atoms with Crippen LogP contribution in [0.2, 0.25) is 0 Å². The molecule has 0 bridgehead atoms. The van der Waals surface area contributed by atoms with Crippen molar-refractivity contribution in [1.29, 1.82) is 0 Å². The maximum Gasteiger partial charge on any atom is 0.306 e. The van der Waals surface area contributed by atoms with Gasteiger partial charge in [-0.05, 0) is 12.8 Å². The molecule has 0 heterocycles. The minimum Gasteiger partial charge on any atom is -0.756 e. The average molecular weight is 1370 g/mol. The molecule has 9 nitrogen and oxygen atoms in total. The highest BCUT2D eigenvalue weighted by molar-refractivity contribution is 7.45. The largest absolute Gasteiger partial charge is 0.756 e. The van der Waals surface area contributed by atoms with Gasteiger partial charge in [-0.2, -0.15) is 0 Å². The number of phosphoric ester groups is 1. The Morgan fingerprint density at radius 3 is 0.674 bits per heavy atom. The number of likely N-dealkylation sites (N-methyl/N-ethyl adjacent to an activating group) is 1. The monoisotopic (exact) mass is 1360 g/mol. The normalized spacial score (nSPS) is 12.9. The number of carbonyl (C=O) groups is 2. The molecule has 95 heavy (non-hydrogen) atoms. The number of esters is 2. The van der Waals surface area contributed by atoms with Crippen molar-refractivity contribution in [3.05, 3.63) is 0 Å². The fourth-order valence-corrected chi connectivity index (χ4v) is 14.5. The quantitative estimate of drug-likeness (QED) is 0.0256. The van der Waals surface area contributed by atoms with E-state index < -0.39 is 26.5 Å². The first kappa shape index (κ1) is 94.0. The molecule has 10 heteroatoms. The molecule has 0 aromatic heterocycles. The predicted octanol–water partition coefficient (Wildman–Crippen LogP) is 28.2. The lowest BCUT2D eigenvalue weighted by Gasteiger charge is -2.28. The van der Waals surface area contributed by atoms with Gasteiger partial charge in [-0.3, -0.25) is 14.2 Å². The molecule has 0 aromatic carbocycles. The summed E-state index contributed by atoms with van der Waals surface area (Å²) >= 11 is 0. The SMILES string of the molecule is CCCCCCCCCCCCCCCCCCCCCCCCCCCCCCCCCCCCCCCCCC(=O)OC(COC(=O)CCCCCCCCCCCCCCCCCCCCCCCCCCCCCCCCCC)COP(=O)([O-])OCC[N+](C)(C)C. The van der Waals surface area contributed by atoms with E-state index >= 15 is 0 Å². The second-order valence-electron chi connectivity index (χ2n) is 31.3. The van der Waals surface area contributed by atoms with Crippen LogP contribution >= 0.6 is 7.82 Å². The zero-order chi connectivity index (χ0) is 69.0. The lowest BCUT2D eigenvalue weighted by atomic mass is 10.0. The Bertz CT molecular complexity index is 1560. The molecule has 0 amide bonds. The van der Waals surface area contributed by atoms with Gasteiger partial charge in [0.15, 0.2) is 6.10 Å². The van der Waals surface area contributed by atoms with E-state index in [2.05, 4.69) is 13.8 Å². The molecule has 0 aromatic rings. The Morgan fingerprint density at radius 2 is 0.474 bits per heavy atom. The van der Waals surface area contributed by atoms with Crippen LogP contribution in [-0.4, -0.2) is 70.0 Å². The van der Waals surface area contributed by atoms with E-state index in [1.54, 1.807) is 0 Å². The van der Waals surface area contributed by atoms with Crippen LogP contribution in [0, 0.1) is 0 Å². The highest BCUT2D eigenvalue weighted by atomic mass is 31.2. The Balaban J connectivity index is 3.83. The van der Waals surface area contributed by atoms with E-state index in [0.717, 1.165) is 32.1 Å². The van der Waals surface area contributed by atoms with Crippen LogP contribution in [0.4, 0.5) is 0 Å². The summed E-state index contributed by atoms with van der Waals surface area (Å²) in [4.78, 5) is 38.2. The third kappa shape index (κ3) is 81.9. The topological polar surface area (TPSA) is 111 Å². The molecule has 0 rings (SSSR count). The standard InChI is InChI=1S/C85H170NO8P/c1-6-8-10-12-14-16-18-20-22-24-26-28-30-32-34-36-38-40-41-42-43-44-45-46-48-50-52-54-56-58-60-62-64-66-68-70-72-74-76-78-85(88)94-83(82-93-95(89,90)92-80-79-86(3,4)5)81-91-84(87)77-75-73-71-69-67-65-63-61-59-57-55-53-51-49-47-39-37-35-33-31-29-27-25-23-21-19-17-15-13-11-9-7-2/h83H,6-82H2,1-5H3. The molecule has 0 fully saturated rings. The molecular formula is C85H170NO8P. The van der Waals surface area contributed by atoms with Crippen LogP contribution in [0.1, 0.15) is 483 Å². The molecule has 0 saturated heterocycles. The molecule has 568 valence electrons. The van der Waals surface area contributed by atoms with Gasteiger partial charge in [0, 0.05) is 12.8 Å². The lowest BCUT2D eigenvalue weighted by molar-refractivity contribution is -0.870. The lowest BCUT2D eigenvalue weighted by Crippen LogP contribution is -2.37. The Morgan fingerprint density at radius 1 is 0.284 bits per heavy atom. The van der Waals surface area contributed by atoms with E-state index in [0.29, 0.717) is 17.4 Å². The van der Waals surface area contributed by atoms with E-state index in [9.17, 15) is 19.0 Å². The van der Waals surface area contributed by atoms with Crippen molar-refractivity contribution >= 4 is 19.8 Å². The van der Waals surface area contributed by atoms with Gasteiger partial charge in [0.1, 0.15) is 19.8 Å². The van der Waals surface area contributed by atoms with Crippen molar-refractivity contribution in [2.24, 2.45) is 0 Å². The smallest absolute Gasteiger partial charge is 0.306 e. The van der Waals surface area contributed by atoms with Crippen molar-refractivity contribution in [2.45, 2.75) is 489 Å². The Labute approximate surface area is 594 Å². The van der Waals surface area contributed by atoms with Crippen LogP contribution in [0.25, 0.3) is 0 Å². The number of nitrogens with zero attached hydrogens (tertiary/aromatic N) is 1. The molecule has 0 aliphatic carbocycles. The van der Waals surface area contributed by atoms with Gasteiger partial charge >= 0.3 is 11.9 Å². The van der Waals surface area contributed by atoms with Crippen LogP contribution in [0.3, 0.4) is 0 Å². The zero-order valence-corrected chi connectivity index (χ0v) is 66.1. The van der Waals surface area contributed by atoms with Gasteiger partial charge in [-0.1, -0.05) is 457 Å². The van der Waals surface area contributed by atoms with E-state index in [1.807, 2.05) is 21.1 Å². The zero-order valence-electron chi connectivity index (χ0n) is 65.2. The van der Waals surface area contributed by atoms with Gasteiger partial charge in [-0.25, -0.2) is 0 Å². The second-order valence-corrected chi connectivity index (χ2v) is 32.7. The first-order chi connectivity index (χ1) is 46.5. The van der Waals surface area contributed by atoms with E-state index in [4.69, 9.17) is 18.5 Å². The molecule has 0 spiro atoms. The Kier molecular flexibility index (Phi) is 76.4. The number of ether oxygens (including phenoxy) is 2. The molecule has 0 radical (unpaired) electrons. The van der Waals surface area contributed by atoms with Crippen LogP contribution < -0.4 is 4.89 Å². The summed E-state index contributed by atoms with van der Waals surface area (Å²) in [6.07, 6.45) is 97.0. The fraction of sp³-hybridized carbons (Fsp3) is 0.976. The van der Waals surface area contributed by atoms with Crippen molar-refractivity contribution in [3.8, 4) is 0 Å². The number of unbranched alkanes of at least 4 members (excludes halogenated alkanes) is 69. The minimum atomic E-state index is -4.64. The van der Waals surface area contributed by atoms with Crippen LogP contribution in [0.5, 0.6) is 0 Å². The summed E-state index contributed by atoms with van der Waals surface area (Å²) in [5, 5.41) is 0. The summed E-state index contributed by atoms with van der Waals surface area (Å²) < 4.78 is 34.5. The maximum absolute atomic E-state index is 12.9. The number of hydrogen-bond acceptors (Lipinski definition) is 8. The summed E-state index contributed by atoms with van der Waals surface area (Å²) in [5.74, 6) is -0.799. The van der Waals surface area contributed by atoms with Gasteiger partial charge in [0.2, 0.25) is 0 Å². The van der Waals surface area contributed by atoms with Gasteiger partial charge in [-0.15, -0.1) is 0 Å². The molecule has 0 N–H and O–H groups in total. The number of rotatable bonds is 83. The van der Waals surface area contributed by atoms with Crippen molar-refractivity contribution < 1.29 is 42.1 Å². The van der Waals surface area contributed by atoms with Crippen molar-refractivity contribution in [2.75, 3.05) is 47.5 Å². The first-order valence-corrected chi connectivity index (χ1v) is 44.7. The first-order valence-electron chi connectivity index (χ1n) is 43.2. The summed E-state index contributed by atoms with van der Waals surface area (Å²) in [6.45, 7) is 4.36. The summed E-state index contributed by atoms with van der Waals surface area (Å²) in [5.41, 5.74) is 0. The minimum absolute atomic E-state index is 0.0246. The van der Waals surface area contributed by atoms with Crippen molar-refractivity contribution in [1.82, 2.24) is 0 Å². The maximum atomic E-state index is 12.9. The van der Waals surface area contributed by atoms with E-state index in [-0.39, 0.29) is 32.0 Å². The molecule has 0 aliphatic rings. The van der Waals surface area contributed by atoms with Gasteiger partial charge in [0.25, 0.3) is 7.82 Å². The van der Waals surface area contributed by atoms with Gasteiger partial charge in [0.05, 0.1) is 27.7 Å². The summed E-state index contributed by atoms with van der Waals surface area (Å²) in [7, 11) is 1.20. The fourth-order valence-electron chi connectivity index (χ4n) is 13.8. The number of carbonyl (C=O) groups excluding carboxylic acids is 2. The highest BCUT2D eigenvalue weighted by Crippen LogP contribution is 2.38. The third-order valence-electron chi connectivity index (χ3n) is 20.4.